The first-order chi connectivity index (χ1) is 12.5. The summed E-state index contributed by atoms with van der Waals surface area (Å²) >= 11 is 0. The van der Waals surface area contributed by atoms with E-state index < -0.39 is 0 Å². The van der Waals surface area contributed by atoms with Crippen LogP contribution in [0.2, 0.25) is 0 Å². The van der Waals surface area contributed by atoms with E-state index in [2.05, 4.69) is 11.8 Å². The minimum atomic E-state index is 0. The minimum absolute atomic E-state index is 0. The van der Waals surface area contributed by atoms with E-state index >= 15 is 0 Å². The van der Waals surface area contributed by atoms with Gasteiger partial charge in [-0.2, -0.15) is 0 Å². The number of nitrogens with zero attached hydrogens (tertiary/aromatic N) is 3. The molecule has 0 aromatic heterocycles. The Balaban J connectivity index is 0.00000261. The van der Waals surface area contributed by atoms with Gasteiger partial charge < -0.3 is 9.38 Å². The van der Waals surface area contributed by atoms with Gasteiger partial charge in [0.25, 0.3) is 5.91 Å². The Bertz CT molecular complexity index is 694. The first-order valence-corrected chi connectivity index (χ1v) is 10.2. The van der Waals surface area contributed by atoms with Crippen LogP contribution < -0.4 is 4.90 Å². The molecule has 0 bridgehead atoms. The summed E-state index contributed by atoms with van der Waals surface area (Å²) in [4.78, 5) is 19.2. The molecule has 5 heteroatoms. The van der Waals surface area contributed by atoms with Crippen LogP contribution in [0.1, 0.15) is 56.6 Å². The molecular weight excluding hydrogens is 411 g/mol. The summed E-state index contributed by atoms with van der Waals surface area (Å²) in [6, 6.07) is 3.94. The largest absolute Gasteiger partial charge is 0.314 e. The number of piperidine rings is 1. The van der Waals surface area contributed by atoms with Crippen molar-refractivity contribution in [3.8, 4) is 0 Å². The Kier molecular flexibility index (Phi) is 8.04. The molecule has 1 amide bonds. The number of rotatable bonds is 3. The molecular formula is C22H32N3OY+. The number of hydrogen-bond donors (Lipinski definition) is 0. The smallest absolute Gasteiger partial charge is 0.285 e. The molecule has 0 saturated carbocycles. The average Bonchev–Trinajstić information content (AvgIpc) is 2.89. The third kappa shape index (κ3) is 4.47. The summed E-state index contributed by atoms with van der Waals surface area (Å²) in [7, 11) is 0. The van der Waals surface area contributed by atoms with Gasteiger partial charge in [0, 0.05) is 51.4 Å². The predicted octanol–water partition coefficient (Wildman–Crippen LogP) is 4.76. The van der Waals surface area contributed by atoms with Crippen LogP contribution in [-0.2, 0) is 37.5 Å². The number of likely N-dealkylation sites (tertiary alicyclic amines) is 1. The number of carbonyl (C=O) groups is 1. The number of amides is 1. The molecule has 1 radical (unpaired) electrons. The van der Waals surface area contributed by atoms with Crippen LogP contribution in [0.15, 0.2) is 12.1 Å². The molecule has 2 aliphatic heterocycles. The normalized spacial score (nSPS) is 22.5. The zero-order valence-electron chi connectivity index (χ0n) is 17.1. The molecule has 0 spiro atoms. The van der Waals surface area contributed by atoms with Crippen LogP contribution in [0.4, 0.5) is 11.4 Å². The van der Waals surface area contributed by atoms with E-state index in [1.807, 2.05) is 30.9 Å². The molecule has 2 saturated heterocycles. The summed E-state index contributed by atoms with van der Waals surface area (Å²) < 4.78 is 0.980. The van der Waals surface area contributed by atoms with Crippen LogP contribution in [0, 0.1) is 20.4 Å². The topological polar surface area (TPSA) is 24.7 Å². The number of hydrogen-bond acceptors (Lipinski definition) is 1. The van der Waals surface area contributed by atoms with Gasteiger partial charge in [-0.1, -0.05) is 12.1 Å². The first-order valence-electron chi connectivity index (χ1n) is 10.2. The molecule has 2 heterocycles. The number of aryl methyl sites for hydroxylation is 2. The summed E-state index contributed by atoms with van der Waals surface area (Å²) in [5.41, 5.74) is 3.79. The Labute approximate surface area is 189 Å². The van der Waals surface area contributed by atoms with Crippen molar-refractivity contribution in [2.45, 2.75) is 65.3 Å². The van der Waals surface area contributed by atoms with E-state index in [0.717, 1.165) is 60.3 Å². The maximum atomic E-state index is 13.6. The van der Waals surface area contributed by atoms with Gasteiger partial charge in [0.1, 0.15) is 0 Å². The van der Waals surface area contributed by atoms with Crippen molar-refractivity contribution in [1.29, 1.82) is 0 Å². The van der Waals surface area contributed by atoms with Crippen LogP contribution >= 0.6 is 0 Å². The summed E-state index contributed by atoms with van der Waals surface area (Å²) in [5, 5.41) is 0. The standard InChI is InChI=1S/C22H32N3O.Y/c1-5-25(13-8-6-7-9-14-25)20-11-10-12-24(22(20)26)21-17(2)15-19(23-4)16-18(21)3;/h15-16,20H,5-14H2,1-3H3;/q+1;. The number of likely N-dealkylation sites (N-methyl/N-ethyl adjacent to an activating group) is 1. The third-order valence-electron chi connectivity index (χ3n) is 6.53. The Morgan fingerprint density at radius 2 is 1.70 bits per heavy atom. The molecule has 1 aromatic carbocycles. The molecule has 4 nitrogen and oxygen atoms in total. The van der Waals surface area contributed by atoms with Crippen LogP contribution in [0.5, 0.6) is 0 Å². The third-order valence-corrected chi connectivity index (χ3v) is 6.53. The van der Waals surface area contributed by atoms with Crippen LogP contribution in [0.25, 0.3) is 4.85 Å². The molecule has 1 atom stereocenters. The van der Waals surface area contributed by atoms with E-state index in [4.69, 9.17) is 6.57 Å². The fraction of sp³-hybridized carbons (Fsp3) is 0.636. The molecule has 2 aliphatic rings. The van der Waals surface area contributed by atoms with Crippen molar-refractivity contribution in [3.63, 3.8) is 0 Å². The Hall–Kier alpha value is -0.756. The van der Waals surface area contributed by atoms with Crippen molar-refractivity contribution in [2.75, 3.05) is 31.1 Å². The van der Waals surface area contributed by atoms with Gasteiger partial charge in [-0.25, -0.2) is 4.85 Å². The summed E-state index contributed by atoms with van der Waals surface area (Å²) in [6.07, 6.45) is 7.19. The maximum absolute atomic E-state index is 13.6. The van der Waals surface area contributed by atoms with Gasteiger partial charge in [0.15, 0.2) is 11.7 Å². The van der Waals surface area contributed by atoms with Crippen molar-refractivity contribution >= 4 is 17.3 Å². The van der Waals surface area contributed by atoms with Crippen molar-refractivity contribution < 1.29 is 42.0 Å². The van der Waals surface area contributed by atoms with Gasteiger partial charge in [-0.15, -0.1) is 0 Å². The number of carbonyl (C=O) groups excluding carboxylic acids is 1. The second kappa shape index (κ2) is 9.63. The van der Waals surface area contributed by atoms with Gasteiger partial charge >= 0.3 is 0 Å². The van der Waals surface area contributed by atoms with Crippen LogP contribution in [0.3, 0.4) is 0 Å². The van der Waals surface area contributed by atoms with Crippen molar-refractivity contribution in [1.82, 2.24) is 0 Å². The number of benzene rings is 1. The molecule has 143 valence electrons. The van der Waals surface area contributed by atoms with Gasteiger partial charge in [-0.3, -0.25) is 4.79 Å². The monoisotopic (exact) mass is 443 g/mol. The molecule has 0 N–H and O–H groups in total. The number of anilines is 1. The molecule has 0 aliphatic carbocycles. The van der Waals surface area contributed by atoms with E-state index in [9.17, 15) is 4.79 Å². The molecule has 1 unspecified atom stereocenters. The zero-order valence-corrected chi connectivity index (χ0v) is 20.0. The molecule has 2 fully saturated rings. The molecule has 1 aromatic rings. The SMILES string of the molecule is [C-]#[N+]c1cc(C)c(N2CCCC([N+]3(CC)CCCCCC3)C2=O)c(C)c1.[Y]. The van der Waals surface area contributed by atoms with Gasteiger partial charge in [0.2, 0.25) is 0 Å². The summed E-state index contributed by atoms with van der Waals surface area (Å²) in [5.74, 6) is 0.307. The zero-order chi connectivity index (χ0) is 18.7. The van der Waals surface area contributed by atoms with Crippen molar-refractivity contribution in [2.24, 2.45) is 0 Å². The number of quaternary nitrogens is 1. The Morgan fingerprint density at radius 1 is 1.11 bits per heavy atom. The first kappa shape index (κ1) is 22.5. The maximum Gasteiger partial charge on any atom is 0.285 e. The van der Waals surface area contributed by atoms with Crippen LogP contribution in [-0.4, -0.2) is 42.6 Å². The minimum Gasteiger partial charge on any atom is -0.314 e. The second-order valence-corrected chi connectivity index (χ2v) is 8.08. The predicted molar refractivity (Wildman–Crippen MR) is 107 cm³/mol. The van der Waals surface area contributed by atoms with Crippen molar-refractivity contribution in [3.05, 3.63) is 34.7 Å². The van der Waals surface area contributed by atoms with E-state index in [1.54, 1.807) is 0 Å². The fourth-order valence-electron chi connectivity index (χ4n) is 5.18. The van der Waals surface area contributed by atoms with E-state index in [1.165, 1.54) is 25.7 Å². The second-order valence-electron chi connectivity index (χ2n) is 8.08. The quantitative estimate of drug-likeness (QED) is 0.489. The van der Waals surface area contributed by atoms with Gasteiger partial charge in [-0.05, 0) is 64.0 Å². The summed E-state index contributed by atoms with van der Waals surface area (Å²) in [6.45, 7) is 17.8. The molecule has 3 rings (SSSR count). The Morgan fingerprint density at radius 3 is 2.22 bits per heavy atom. The molecule has 27 heavy (non-hydrogen) atoms. The van der Waals surface area contributed by atoms with E-state index in [-0.39, 0.29) is 38.8 Å². The van der Waals surface area contributed by atoms with E-state index in [0.29, 0.717) is 11.6 Å². The fourth-order valence-corrected chi connectivity index (χ4v) is 5.18. The van der Waals surface area contributed by atoms with Gasteiger partial charge in [0.05, 0.1) is 26.2 Å². The average molecular weight is 443 g/mol.